The minimum Gasteiger partial charge on any atom is -0.376 e. The molecule has 4 rings (SSSR count). The second-order valence-electron chi connectivity index (χ2n) is 5.99. The zero-order chi connectivity index (χ0) is 17.2. The normalized spacial score (nSPS) is 17.1. The lowest BCUT2D eigenvalue weighted by Crippen LogP contribution is -2.31. The van der Waals surface area contributed by atoms with Crippen molar-refractivity contribution in [3.05, 3.63) is 52.6 Å². The Kier molecular flexibility index (Phi) is 4.50. The molecule has 1 aliphatic heterocycles. The number of halogens is 1. The minimum atomic E-state index is -0.122. The van der Waals surface area contributed by atoms with Gasteiger partial charge in [0, 0.05) is 34.9 Å². The fourth-order valence-electron chi connectivity index (χ4n) is 2.97. The molecule has 0 unspecified atom stereocenters. The van der Waals surface area contributed by atoms with E-state index in [9.17, 15) is 4.79 Å². The first kappa shape index (κ1) is 16.2. The number of pyridine rings is 1. The number of ether oxygens (including phenoxy) is 1. The van der Waals surface area contributed by atoms with Crippen LogP contribution in [0.5, 0.6) is 0 Å². The number of hydrogen-bond acceptors (Lipinski definition) is 4. The summed E-state index contributed by atoms with van der Waals surface area (Å²) in [7, 11) is 0. The molecule has 1 aliphatic rings. The van der Waals surface area contributed by atoms with Crippen molar-refractivity contribution in [3.8, 4) is 11.4 Å². The largest absolute Gasteiger partial charge is 0.376 e. The molecule has 3 heterocycles. The lowest BCUT2D eigenvalue weighted by molar-refractivity contribution is 0.0858. The molecule has 0 saturated carbocycles. The number of benzene rings is 1. The van der Waals surface area contributed by atoms with Gasteiger partial charge >= 0.3 is 0 Å². The first-order valence-electron chi connectivity index (χ1n) is 8.22. The maximum atomic E-state index is 12.3. The van der Waals surface area contributed by atoms with E-state index < -0.39 is 0 Å². The Hall–Kier alpha value is -2.25. The molecule has 0 spiro atoms. The Bertz CT molecular complexity index is 918. The Balaban J connectivity index is 1.57. The lowest BCUT2D eigenvalue weighted by atomic mass is 10.2. The maximum absolute atomic E-state index is 12.3. The van der Waals surface area contributed by atoms with Gasteiger partial charge in [-0.05, 0) is 31.0 Å². The molecule has 1 amide bonds. The molecule has 0 radical (unpaired) electrons. The van der Waals surface area contributed by atoms with E-state index in [1.807, 2.05) is 34.9 Å². The molecule has 1 aromatic carbocycles. The smallest absolute Gasteiger partial charge is 0.251 e. The number of fused-ring (bicyclic) bond motifs is 1. The molecule has 3 aromatic rings. The third-order valence-electron chi connectivity index (χ3n) is 4.30. The van der Waals surface area contributed by atoms with Crippen LogP contribution < -0.4 is 5.32 Å². The van der Waals surface area contributed by atoms with Gasteiger partial charge in [0.2, 0.25) is 0 Å². The molecule has 6 nitrogen and oxygen atoms in total. The number of rotatable bonds is 4. The van der Waals surface area contributed by atoms with Crippen molar-refractivity contribution in [1.82, 2.24) is 19.9 Å². The van der Waals surface area contributed by atoms with Crippen molar-refractivity contribution >= 4 is 27.5 Å². The molecule has 1 atom stereocenters. The van der Waals surface area contributed by atoms with Crippen LogP contribution >= 0.6 is 15.9 Å². The van der Waals surface area contributed by atoms with Gasteiger partial charge in [0.25, 0.3) is 5.91 Å². The molecule has 1 saturated heterocycles. The van der Waals surface area contributed by atoms with Gasteiger partial charge in [-0.15, -0.1) is 10.2 Å². The summed E-state index contributed by atoms with van der Waals surface area (Å²) < 4.78 is 8.35. The van der Waals surface area contributed by atoms with Crippen molar-refractivity contribution in [2.45, 2.75) is 18.9 Å². The highest BCUT2D eigenvalue weighted by atomic mass is 79.9. The van der Waals surface area contributed by atoms with Gasteiger partial charge in [0.1, 0.15) is 0 Å². The van der Waals surface area contributed by atoms with E-state index >= 15 is 0 Å². The first-order valence-corrected chi connectivity index (χ1v) is 9.01. The Morgan fingerprint density at radius 3 is 3.00 bits per heavy atom. The molecule has 1 fully saturated rings. The molecular weight excluding hydrogens is 384 g/mol. The van der Waals surface area contributed by atoms with Gasteiger partial charge in [-0.25, -0.2) is 0 Å². The molecule has 2 aromatic heterocycles. The van der Waals surface area contributed by atoms with Crippen molar-refractivity contribution in [3.63, 3.8) is 0 Å². The monoisotopic (exact) mass is 400 g/mol. The summed E-state index contributed by atoms with van der Waals surface area (Å²) in [5.41, 5.74) is 2.15. The van der Waals surface area contributed by atoms with Crippen molar-refractivity contribution in [1.29, 1.82) is 0 Å². The number of hydrogen-bond donors (Lipinski definition) is 1. The quantitative estimate of drug-likeness (QED) is 0.730. The van der Waals surface area contributed by atoms with Crippen molar-refractivity contribution in [2.24, 2.45) is 0 Å². The average molecular weight is 401 g/mol. The number of nitrogens with one attached hydrogen (secondary N) is 1. The average Bonchev–Trinajstić information content (AvgIpc) is 3.29. The molecule has 7 heteroatoms. The van der Waals surface area contributed by atoms with Crippen LogP contribution in [0.1, 0.15) is 23.2 Å². The zero-order valence-electron chi connectivity index (χ0n) is 13.5. The molecular formula is C18H17BrN4O2. The van der Waals surface area contributed by atoms with Crippen LogP contribution in [0.25, 0.3) is 17.0 Å². The SMILES string of the molecule is O=C(NC[C@H]1CCCO1)c1ccn2c(-c3ccccc3Br)nnc2c1. The third-order valence-corrected chi connectivity index (χ3v) is 4.99. The third kappa shape index (κ3) is 3.29. The van der Waals surface area contributed by atoms with Crippen LogP contribution in [-0.2, 0) is 4.74 Å². The molecule has 1 N–H and O–H groups in total. The Morgan fingerprint density at radius 1 is 1.32 bits per heavy atom. The van der Waals surface area contributed by atoms with Crippen molar-refractivity contribution in [2.75, 3.05) is 13.2 Å². The Morgan fingerprint density at radius 2 is 2.20 bits per heavy atom. The maximum Gasteiger partial charge on any atom is 0.251 e. The van der Waals surface area contributed by atoms with E-state index in [2.05, 4.69) is 31.4 Å². The highest BCUT2D eigenvalue weighted by Crippen LogP contribution is 2.26. The second-order valence-corrected chi connectivity index (χ2v) is 6.85. The minimum absolute atomic E-state index is 0.122. The predicted octanol–water partition coefficient (Wildman–Crippen LogP) is 3.07. The summed E-state index contributed by atoms with van der Waals surface area (Å²) in [5, 5.41) is 11.4. The summed E-state index contributed by atoms with van der Waals surface area (Å²) in [5.74, 6) is 0.609. The van der Waals surface area contributed by atoms with Gasteiger partial charge in [0.15, 0.2) is 11.5 Å². The van der Waals surface area contributed by atoms with Gasteiger partial charge < -0.3 is 10.1 Å². The first-order chi connectivity index (χ1) is 12.2. The van der Waals surface area contributed by atoms with Gasteiger partial charge in [-0.2, -0.15) is 0 Å². The topological polar surface area (TPSA) is 68.5 Å². The van der Waals surface area contributed by atoms with Gasteiger partial charge in [0.05, 0.1) is 6.10 Å². The lowest BCUT2D eigenvalue weighted by Gasteiger charge is -2.11. The Labute approximate surface area is 153 Å². The number of carbonyl (C=O) groups is 1. The van der Waals surface area contributed by atoms with Crippen LogP contribution in [0, 0.1) is 0 Å². The van der Waals surface area contributed by atoms with E-state index in [0.717, 1.165) is 35.3 Å². The fourth-order valence-corrected chi connectivity index (χ4v) is 3.43. The highest BCUT2D eigenvalue weighted by molar-refractivity contribution is 9.10. The summed E-state index contributed by atoms with van der Waals surface area (Å²) >= 11 is 3.54. The standard InChI is InChI=1S/C18H17BrN4O2/c19-15-6-2-1-5-14(15)17-22-21-16-10-12(7-8-23(16)17)18(24)20-11-13-4-3-9-25-13/h1-2,5-8,10,13H,3-4,9,11H2,(H,20,24)/t13-/m1/s1. The van der Waals surface area contributed by atoms with Crippen molar-refractivity contribution < 1.29 is 9.53 Å². The van der Waals surface area contributed by atoms with E-state index in [0.29, 0.717) is 17.8 Å². The summed E-state index contributed by atoms with van der Waals surface area (Å²) in [4.78, 5) is 12.3. The molecule has 128 valence electrons. The number of nitrogens with zero attached hydrogens (tertiary/aromatic N) is 3. The highest BCUT2D eigenvalue weighted by Gasteiger charge is 2.17. The van der Waals surface area contributed by atoms with Crippen LogP contribution in [-0.4, -0.2) is 39.8 Å². The second kappa shape index (κ2) is 6.93. The molecule has 25 heavy (non-hydrogen) atoms. The number of carbonyl (C=O) groups excluding carboxylic acids is 1. The summed E-state index contributed by atoms with van der Waals surface area (Å²) in [6.45, 7) is 1.32. The van der Waals surface area contributed by atoms with Crippen LogP contribution in [0.4, 0.5) is 0 Å². The van der Waals surface area contributed by atoms with Crippen LogP contribution in [0.3, 0.4) is 0 Å². The van der Waals surface area contributed by atoms with Gasteiger partial charge in [-0.3, -0.25) is 9.20 Å². The van der Waals surface area contributed by atoms with Crippen LogP contribution in [0.15, 0.2) is 47.1 Å². The predicted molar refractivity (Wildman–Crippen MR) is 97.4 cm³/mol. The summed E-state index contributed by atoms with van der Waals surface area (Å²) in [6, 6.07) is 11.4. The molecule has 0 aliphatic carbocycles. The zero-order valence-corrected chi connectivity index (χ0v) is 15.1. The fraction of sp³-hybridized carbons (Fsp3) is 0.278. The summed E-state index contributed by atoms with van der Waals surface area (Å²) in [6.07, 6.45) is 4.01. The van der Waals surface area contributed by atoms with E-state index in [-0.39, 0.29) is 12.0 Å². The number of aromatic nitrogens is 3. The van der Waals surface area contributed by atoms with Crippen LogP contribution in [0.2, 0.25) is 0 Å². The van der Waals surface area contributed by atoms with Gasteiger partial charge in [-0.1, -0.05) is 34.1 Å². The number of amides is 1. The van der Waals surface area contributed by atoms with E-state index in [4.69, 9.17) is 4.74 Å². The molecule has 0 bridgehead atoms. The van der Waals surface area contributed by atoms with E-state index in [1.165, 1.54) is 0 Å². The van der Waals surface area contributed by atoms with E-state index in [1.54, 1.807) is 12.1 Å².